The first-order valence-electron chi connectivity index (χ1n) is 6.75. The molecule has 0 saturated heterocycles. The van der Waals surface area contributed by atoms with E-state index < -0.39 is 0 Å². The second kappa shape index (κ2) is 7.15. The van der Waals surface area contributed by atoms with Gasteiger partial charge in [0.25, 0.3) is 0 Å². The molecule has 2 rings (SSSR count). The Labute approximate surface area is 132 Å². The lowest BCUT2D eigenvalue weighted by Gasteiger charge is -2.13. The van der Waals surface area contributed by atoms with Crippen LogP contribution in [0.4, 0.5) is 4.39 Å². The third-order valence-electron chi connectivity index (χ3n) is 3.28. The Morgan fingerprint density at radius 2 is 2.14 bits per heavy atom. The van der Waals surface area contributed by atoms with Crippen molar-refractivity contribution in [3.63, 3.8) is 0 Å². The van der Waals surface area contributed by atoms with Crippen molar-refractivity contribution in [1.82, 2.24) is 15.1 Å². The van der Waals surface area contributed by atoms with Crippen LogP contribution in [0.3, 0.4) is 0 Å². The Morgan fingerprint density at radius 1 is 1.38 bits per heavy atom. The average Bonchev–Trinajstić information content (AvgIpc) is 2.71. The Kier molecular flexibility index (Phi) is 5.50. The zero-order chi connectivity index (χ0) is 15.4. The van der Waals surface area contributed by atoms with Crippen molar-refractivity contribution in [2.75, 3.05) is 20.3 Å². The van der Waals surface area contributed by atoms with E-state index in [1.165, 1.54) is 6.07 Å². The second-order valence-electron chi connectivity index (χ2n) is 4.81. The predicted molar refractivity (Wildman–Crippen MR) is 84.3 cm³/mol. The number of hydrogen-bond donors (Lipinski definition) is 1. The van der Waals surface area contributed by atoms with Gasteiger partial charge in [0.15, 0.2) is 0 Å². The molecule has 0 spiro atoms. The van der Waals surface area contributed by atoms with Crippen molar-refractivity contribution in [3.05, 3.63) is 45.4 Å². The summed E-state index contributed by atoms with van der Waals surface area (Å²) in [5.41, 5.74) is 3.09. The van der Waals surface area contributed by atoms with E-state index in [0.29, 0.717) is 25.4 Å². The quantitative estimate of drug-likeness (QED) is 0.809. The molecule has 0 amide bonds. The van der Waals surface area contributed by atoms with Crippen LogP contribution in [0.25, 0.3) is 5.69 Å². The third kappa shape index (κ3) is 3.51. The van der Waals surface area contributed by atoms with Gasteiger partial charge in [-0.1, -0.05) is 12.1 Å². The van der Waals surface area contributed by atoms with Crippen molar-refractivity contribution in [1.29, 1.82) is 0 Å². The lowest BCUT2D eigenvalue weighted by molar-refractivity contribution is 0.199. The molecule has 0 bridgehead atoms. The number of nitrogens with one attached hydrogen (secondary N) is 1. The van der Waals surface area contributed by atoms with Crippen LogP contribution < -0.4 is 5.32 Å². The fraction of sp³-hybridized carbons (Fsp3) is 0.400. The highest BCUT2D eigenvalue weighted by Crippen LogP contribution is 2.26. The van der Waals surface area contributed by atoms with Crippen molar-refractivity contribution < 1.29 is 9.13 Å². The molecule has 114 valence electrons. The molecule has 0 aliphatic heterocycles. The van der Waals surface area contributed by atoms with Crippen LogP contribution in [0.1, 0.15) is 17.0 Å². The number of nitrogens with zero attached hydrogens (tertiary/aromatic N) is 2. The number of para-hydroxylation sites is 1. The van der Waals surface area contributed by atoms with E-state index in [-0.39, 0.29) is 5.82 Å². The molecule has 21 heavy (non-hydrogen) atoms. The summed E-state index contributed by atoms with van der Waals surface area (Å²) in [4.78, 5) is 0. The molecule has 0 atom stereocenters. The van der Waals surface area contributed by atoms with Gasteiger partial charge in [-0.3, -0.25) is 0 Å². The van der Waals surface area contributed by atoms with Gasteiger partial charge in [-0.05, 0) is 41.4 Å². The summed E-state index contributed by atoms with van der Waals surface area (Å²) >= 11 is 3.48. The number of hydrogen-bond acceptors (Lipinski definition) is 3. The Bertz CT molecular complexity index is 628. The van der Waals surface area contributed by atoms with Gasteiger partial charge in [0.2, 0.25) is 0 Å². The van der Waals surface area contributed by atoms with E-state index in [1.54, 1.807) is 17.9 Å². The van der Waals surface area contributed by atoms with Gasteiger partial charge in [0, 0.05) is 20.2 Å². The maximum atomic E-state index is 14.3. The molecule has 2 aromatic rings. The van der Waals surface area contributed by atoms with Crippen LogP contribution in [-0.2, 0) is 11.3 Å². The number of aryl methyl sites for hydroxylation is 1. The minimum Gasteiger partial charge on any atom is -0.383 e. The van der Waals surface area contributed by atoms with Gasteiger partial charge in [-0.15, -0.1) is 0 Å². The molecule has 1 heterocycles. The maximum absolute atomic E-state index is 14.3. The van der Waals surface area contributed by atoms with Gasteiger partial charge in [-0.25, -0.2) is 9.07 Å². The van der Waals surface area contributed by atoms with Gasteiger partial charge >= 0.3 is 0 Å². The molecule has 0 aliphatic rings. The summed E-state index contributed by atoms with van der Waals surface area (Å²) in [6.45, 7) is 5.71. The lowest BCUT2D eigenvalue weighted by atomic mass is 10.1. The summed E-state index contributed by atoms with van der Waals surface area (Å²) in [6.07, 6.45) is 0. The molecule has 0 fully saturated rings. The van der Waals surface area contributed by atoms with Gasteiger partial charge < -0.3 is 10.1 Å². The lowest BCUT2D eigenvalue weighted by Crippen LogP contribution is -2.20. The first kappa shape index (κ1) is 16.1. The summed E-state index contributed by atoms with van der Waals surface area (Å²) in [5.74, 6) is -0.279. The predicted octanol–water partition coefficient (Wildman–Crippen LogP) is 3.13. The smallest absolute Gasteiger partial charge is 0.149 e. The Balaban J connectivity index is 2.35. The van der Waals surface area contributed by atoms with Crippen molar-refractivity contribution in [3.8, 4) is 5.69 Å². The zero-order valence-electron chi connectivity index (χ0n) is 12.4. The third-order valence-corrected chi connectivity index (χ3v) is 4.43. The van der Waals surface area contributed by atoms with Gasteiger partial charge in [0.05, 0.1) is 22.5 Å². The Morgan fingerprint density at radius 3 is 2.76 bits per heavy atom. The first-order valence-corrected chi connectivity index (χ1v) is 7.54. The first-order chi connectivity index (χ1) is 10.1. The Hall–Kier alpha value is -1.24. The van der Waals surface area contributed by atoms with Gasteiger partial charge in [-0.2, -0.15) is 5.10 Å². The standard InChI is InChI=1S/C15H19BrFN3O/c1-10-14(16)11(2)20(19-10)15-12(5-4-6-13(15)17)9-18-7-8-21-3/h4-6,18H,7-9H2,1-3H3. The van der Waals surface area contributed by atoms with E-state index >= 15 is 0 Å². The number of methoxy groups -OCH3 is 1. The largest absolute Gasteiger partial charge is 0.383 e. The highest BCUT2D eigenvalue weighted by Gasteiger charge is 2.16. The van der Waals surface area contributed by atoms with E-state index in [4.69, 9.17) is 4.74 Å². The van der Waals surface area contributed by atoms with E-state index in [9.17, 15) is 4.39 Å². The average molecular weight is 356 g/mol. The molecular formula is C15H19BrFN3O. The fourth-order valence-corrected chi connectivity index (χ4v) is 2.43. The van der Waals surface area contributed by atoms with Gasteiger partial charge in [0.1, 0.15) is 11.5 Å². The van der Waals surface area contributed by atoms with Crippen LogP contribution in [0.2, 0.25) is 0 Å². The summed E-state index contributed by atoms with van der Waals surface area (Å²) in [7, 11) is 1.66. The molecular weight excluding hydrogens is 337 g/mol. The summed E-state index contributed by atoms with van der Waals surface area (Å²) in [6, 6.07) is 5.08. The highest BCUT2D eigenvalue weighted by molar-refractivity contribution is 9.10. The molecule has 0 radical (unpaired) electrons. The van der Waals surface area contributed by atoms with E-state index in [0.717, 1.165) is 21.4 Å². The summed E-state index contributed by atoms with van der Waals surface area (Å²) < 4.78 is 21.9. The monoisotopic (exact) mass is 355 g/mol. The molecule has 6 heteroatoms. The number of aromatic nitrogens is 2. The topological polar surface area (TPSA) is 39.1 Å². The molecule has 0 aliphatic carbocycles. The van der Waals surface area contributed by atoms with Crippen molar-refractivity contribution >= 4 is 15.9 Å². The molecule has 1 aromatic carbocycles. The molecule has 1 N–H and O–H groups in total. The zero-order valence-corrected chi connectivity index (χ0v) is 14.0. The van der Waals surface area contributed by atoms with Crippen molar-refractivity contribution in [2.45, 2.75) is 20.4 Å². The SMILES string of the molecule is COCCNCc1cccc(F)c1-n1nc(C)c(Br)c1C. The van der Waals surface area contributed by atoms with Crippen LogP contribution >= 0.6 is 15.9 Å². The molecule has 1 aromatic heterocycles. The molecule has 0 unspecified atom stereocenters. The van der Waals surface area contributed by atoms with Crippen LogP contribution in [0.5, 0.6) is 0 Å². The number of ether oxygens (including phenoxy) is 1. The minimum atomic E-state index is -0.279. The van der Waals surface area contributed by atoms with Crippen LogP contribution in [0.15, 0.2) is 22.7 Å². The normalized spacial score (nSPS) is 11.1. The van der Waals surface area contributed by atoms with E-state index in [2.05, 4.69) is 26.3 Å². The number of benzene rings is 1. The second-order valence-corrected chi connectivity index (χ2v) is 5.61. The van der Waals surface area contributed by atoms with Crippen LogP contribution in [-0.4, -0.2) is 30.0 Å². The van der Waals surface area contributed by atoms with Crippen LogP contribution in [0, 0.1) is 19.7 Å². The number of halogens is 2. The van der Waals surface area contributed by atoms with Crippen molar-refractivity contribution in [2.24, 2.45) is 0 Å². The maximum Gasteiger partial charge on any atom is 0.149 e. The molecule has 4 nitrogen and oxygen atoms in total. The number of rotatable bonds is 6. The molecule has 0 saturated carbocycles. The summed E-state index contributed by atoms with van der Waals surface area (Å²) in [5, 5.41) is 7.66. The van der Waals surface area contributed by atoms with E-state index in [1.807, 2.05) is 19.9 Å². The highest BCUT2D eigenvalue weighted by atomic mass is 79.9. The minimum absolute atomic E-state index is 0.279. The fourth-order valence-electron chi connectivity index (χ4n) is 2.18.